The van der Waals surface area contributed by atoms with Crippen LogP contribution in [0.3, 0.4) is 0 Å². The molecule has 0 aromatic carbocycles. The fourth-order valence-electron chi connectivity index (χ4n) is 1.01. The van der Waals surface area contributed by atoms with Gasteiger partial charge in [-0.05, 0) is 27.4 Å². The first-order valence-corrected chi connectivity index (χ1v) is 4.16. The highest BCUT2D eigenvalue weighted by Crippen LogP contribution is 2.09. The predicted octanol–water partition coefficient (Wildman–Crippen LogP) is -0.290. The molecule has 0 aliphatic heterocycles. The maximum atomic E-state index is 10.7. The number of pyridine rings is 1. The minimum Gasteiger partial charge on any atom is -0.316 e. The molecule has 0 fully saturated rings. The molecule has 0 spiro atoms. The highest BCUT2D eigenvalue weighted by atomic mass is 16.7. The van der Waals surface area contributed by atoms with E-state index in [1.807, 2.05) is 0 Å². The topological polar surface area (TPSA) is 82.8 Å². The molecule has 0 aliphatic rings. The summed E-state index contributed by atoms with van der Waals surface area (Å²) < 4.78 is 0. The van der Waals surface area contributed by atoms with E-state index in [-0.39, 0.29) is 5.82 Å². The molecular weight excluding hydrogens is 198 g/mol. The first-order chi connectivity index (χ1) is 7.27. The summed E-state index contributed by atoms with van der Waals surface area (Å²) in [7, 11) is 0. The number of aromatic nitrogens is 5. The van der Waals surface area contributed by atoms with Crippen molar-refractivity contribution in [2.45, 2.75) is 6.92 Å². The van der Waals surface area contributed by atoms with E-state index < -0.39 is 5.97 Å². The fraction of sp³-hybridized carbons (Fsp3) is 0.125. The lowest BCUT2D eigenvalue weighted by molar-refractivity contribution is -0.143. The lowest BCUT2D eigenvalue weighted by Crippen LogP contribution is -2.19. The average molecular weight is 205 g/mol. The van der Waals surface area contributed by atoms with E-state index in [1.165, 1.54) is 6.92 Å². The van der Waals surface area contributed by atoms with E-state index in [0.717, 1.165) is 4.85 Å². The fourth-order valence-corrected chi connectivity index (χ4v) is 1.01. The van der Waals surface area contributed by atoms with E-state index in [9.17, 15) is 4.79 Å². The van der Waals surface area contributed by atoms with Crippen LogP contribution < -0.4 is 4.84 Å². The van der Waals surface area contributed by atoms with Gasteiger partial charge in [-0.2, -0.15) is 0 Å². The van der Waals surface area contributed by atoms with Gasteiger partial charge in [-0.1, -0.05) is 6.07 Å². The van der Waals surface area contributed by atoms with Gasteiger partial charge in [-0.3, -0.25) is 4.98 Å². The third kappa shape index (κ3) is 1.96. The lowest BCUT2D eigenvalue weighted by Gasteiger charge is -2.00. The van der Waals surface area contributed by atoms with Crippen molar-refractivity contribution < 1.29 is 9.63 Å². The summed E-state index contributed by atoms with van der Waals surface area (Å²) in [6, 6.07) is 5.27. The highest BCUT2D eigenvalue weighted by molar-refractivity contribution is 5.66. The molecule has 2 heterocycles. The van der Waals surface area contributed by atoms with Crippen LogP contribution >= 0.6 is 0 Å². The summed E-state index contributed by atoms with van der Waals surface area (Å²) in [6.07, 6.45) is 1.60. The standard InChI is InChI=1S/C8H7N5O2/c1-6(14)15-13-8(10-11-12-13)7-4-2-3-5-9-7/h2-5H,1H3. The first-order valence-electron chi connectivity index (χ1n) is 4.16. The van der Waals surface area contributed by atoms with Gasteiger partial charge in [-0.15, -0.1) is 5.10 Å². The molecule has 0 amide bonds. The molecule has 0 atom stereocenters. The molecule has 0 N–H and O–H groups in total. The van der Waals surface area contributed by atoms with Crippen molar-refractivity contribution in [3.8, 4) is 11.5 Å². The average Bonchev–Trinajstić information content (AvgIpc) is 2.66. The van der Waals surface area contributed by atoms with E-state index in [2.05, 4.69) is 20.5 Å². The Labute approximate surface area is 84.7 Å². The maximum absolute atomic E-state index is 10.7. The van der Waals surface area contributed by atoms with Crippen molar-refractivity contribution in [2.24, 2.45) is 0 Å². The molecule has 0 bridgehead atoms. The molecule has 0 saturated heterocycles. The molecule has 7 heteroatoms. The Morgan fingerprint density at radius 1 is 1.47 bits per heavy atom. The van der Waals surface area contributed by atoms with Crippen LogP contribution in [0.2, 0.25) is 0 Å². The largest absolute Gasteiger partial charge is 0.332 e. The highest BCUT2D eigenvalue weighted by Gasteiger charge is 2.11. The van der Waals surface area contributed by atoms with Crippen molar-refractivity contribution in [3.05, 3.63) is 24.4 Å². The normalized spacial score (nSPS) is 9.93. The Hall–Kier alpha value is -2.31. The molecular formula is C8H7N5O2. The number of nitrogens with zero attached hydrogens (tertiary/aromatic N) is 5. The molecule has 0 saturated carbocycles. The van der Waals surface area contributed by atoms with Crippen LogP contribution in [0.15, 0.2) is 24.4 Å². The third-order valence-electron chi connectivity index (χ3n) is 1.55. The van der Waals surface area contributed by atoms with Gasteiger partial charge in [0.1, 0.15) is 5.69 Å². The first kappa shape index (κ1) is 9.25. The smallest absolute Gasteiger partial charge is 0.316 e. The van der Waals surface area contributed by atoms with Crippen molar-refractivity contribution >= 4 is 5.97 Å². The van der Waals surface area contributed by atoms with E-state index in [0.29, 0.717) is 5.69 Å². The Kier molecular flexibility index (Phi) is 2.36. The molecule has 2 aromatic heterocycles. The number of carbonyl (C=O) groups is 1. The number of hydrogen-bond acceptors (Lipinski definition) is 6. The zero-order valence-electron chi connectivity index (χ0n) is 7.86. The minimum atomic E-state index is -0.500. The van der Waals surface area contributed by atoms with Crippen molar-refractivity contribution in [1.29, 1.82) is 0 Å². The Bertz CT molecular complexity index is 467. The van der Waals surface area contributed by atoms with Gasteiger partial charge in [-0.25, -0.2) is 4.79 Å². The molecule has 0 unspecified atom stereocenters. The van der Waals surface area contributed by atoms with Crippen molar-refractivity contribution in [2.75, 3.05) is 0 Å². The van der Waals surface area contributed by atoms with Gasteiger partial charge in [0.05, 0.1) is 0 Å². The van der Waals surface area contributed by atoms with Gasteiger partial charge >= 0.3 is 5.97 Å². The number of carbonyl (C=O) groups excluding carboxylic acids is 1. The Morgan fingerprint density at radius 3 is 3.00 bits per heavy atom. The molecule has 76 valence electrons. The Morgan fingerprint density at radius 2 is 2.33 bits per heavy atom. The zero-order valence-corrected chi connectivity index (χ0v) is 7.86. The number of tetrazole rings is 1. The summed E-state index contributed by atoms with van der Waals surface area (Å²) in [4.78, 5) is 20.4. The molecule has 15 heavy (non-hydrogen) atoms. The van der Waals surface area contributed by atoms with Gasteiger partial charge in [0.15, 0.2) is 0 Å². The van der Waals surface area contributed by atoms with Crippen LogP contribution in [0.25, 0.3) is 11.5 Å². The quantitative estimate of drug-likeness (QED) is 0.626. The molecule has 2 aromatic rings. The Balaban J connectivity index is 2.37. The second-order valence-corrected chi connectivity index (χ2v) is 2.67. The molecule has 7 nitrogen and oxygen atoms in total. The monoisotopic (exact) mass is 205 g/mol. The van der Waals surface area contributed by atoms with E-state index in [1.54, 1.807) is 24.4 Å². The van der Waals surface area contributed by atoms with Crippen LogP contribution in [-0.2, 0) is 4.79 Å². The second-order valence-electron chi connectivity index (χ2n) is 2.67. The van der Waals surface area contributed by atoms with Crippen molar-refractivity contribution in [1.82, 2.24) is 25.4 Å². The summed E-state index contributed by atoms with van der Waals surface area (Å²) in [5.41, 5.74) is 0.531. The summed E-state index contributed by atoms with van der Waals surface area (Å²) in [5, 5.41) is 10.6. The van der Waals surface area contributed by atoms with Gasteiger partial charge in [0.2, 0.25) is 5.82 Å². The third-order valence-corrected chi connectivity index (χ3v) is 1.55. The van der Waals surface area contributed by atoms with Gasteiger partial charge in [0, 0.05) is 13.1 Å². The lowest BCUT2D eigenvalue weighted by atomic mass is 10.3. The molecule has 0 aliphatic carbocycles. The number of rotatable bonds is 2. The number of hydrogen-bond donors (Lipinski definition) is 0. The van der Waals surface area contributed by atoms with Crippen LogP contribution in [0.4, 0.5) is 0 Å². The predicted molar refractivity (Wildman–Crippen MR) is 48.3 cm³/mol. The van der Waals surface area contributed by atoms with Crippen LogP contribution in [0, 0.1) is 0 Å². The van der Waals surface area contributed by atoms with Gasteiger partial charge in [0.25, 0.3) is 0 Å². The van der Waals surface area contributed by atoms with E-state index in [4.69, 9.17) is 4.84 Å². The van der Waals surface area contributed by atoms with Crippen LogP contribution in [0.1, 0.15) is 6.92 Å². The second kappa shape index (κ2) is 3.82. The zero-order chi connectivity index (χ0) is 10.7. The van der Waals surface area contributed by atoms with Crippen LogP contribution in [0.5, 0.6) is 0 Å². The van der Waals surface area contributed by atoms with Crippen molar-refractivity contribution in [3.63, 3.8) is 0 Å². The van der Waals surface area contributed by atoms with Crippen LogP contribution in [-0.4, -0.2) is 31.3 Å². The minimum absolute atomic E-state index is 0.283. The summed E-state index contributed by atoms with van der Waals surface area (Å²) >= 11 is 0. The van der Waals surface area contributed by atoms with Gasteiger partial charge < -0.3 is 4.84 Å². The summed E-state index contributed by atoms with van der Waals surface area (Å²) in [5.74, 6) is -0.217. The maximum Gasteiger partial charge on any atom is 0.332 e. The molecule has 0 radical (unpaired) electrons. The summed E-state index contributed by atoms with van der Waals surface area (Å²) in [6.45, 7) is 1.27. The van der Waals surface area contributed by atoms with E-state index >= 15 is 0 Å². The molecule has 2 rings (SSSR count). The SMILES string of the molecule is CC(=O)On1nnnc1-c1ccccn1.